The highest BCUT2D eigenvalue weighted by molar-refractivity contribution is 9.10. The third kappa shape index (κ3) is 2.08. The first-order valence-electron chi connectivity index (χ1n) is 3.81. The Kier molecular flexibility index (Phi) is 3.06. The lowest BCUT2D eigenvalue weighted by atomic mass is 10.0. The Balaban J connectivity index is 3.34. The maximum absolute atomic E-state index is 10.8. The molecule has 0 amide bonds. The molecule has 0 bridgehead atoms. The number of nitrogens with two attached hydrogens (primary N) is 1. The molecule has 0 radical (unpaired) electrons. The lowest BCUT2D eigenvalue weighted by molar-refractivity contribution is 0.0695. The van der Waals surface area contributed by atoms with Crippen LogP contribution in [0, 0.1) is 0 Å². The number of benzene rings is 1. The van der Waals surface area contributed by atoms with Gasteiger partial charge in [0.05, 0.1) is 5.56 Å². The molecule has 3 N–H and O–H groups in total. The first-order chi connectivity index (χ1) is 6.04. The third-order valence-electron chi connectivity index (χ3n) is 1.74. The molecule has 1 aromatic carbocycles. The van der Waals surface area contributed by atoms with Crippen LogP contribution in [0.1, 0.15) is 28.9 Å². The summed E-state index contributed by atoms with van der Waals surface area (Å²) < 4.78 is 0.738. The largest absolute Gasteiger partial charge is 0.478 e. The summed E-state index contributed by atoms with van der Waals surface area (Å²) in [6.07, 6.45) is 0. The van der Waals surface area contributed by atoms with E-state index in [2.05, 4.69) is 15.9 Å². The molecule has 0 saturated carbocycles. The van der Waals surface area contributed by atoms with Gasteiger partial charge in [0.25, 0.3) is 0 Å². The van der Waals surface area contributed by atoms with Gasteiger partial charge < -0.3 is 10.8 Å². The minimum Gasteiger partial charge on any atom is -0.478 e. The van der Waals surface area contributed by atoms with E-state index in [1.54, 1.807) is 25.1 Å². The lowest BCUT2D eigenvalue weighted by Gasteiger charge is -2.11. The second-order valence-electron chi connectivity index (χ2n) is 2.79. The second kappa shape index (κ2) is 3.89. The smallest absolute Gasteiger partial charge is 0.336 e. The Morgan fingerprint density at radius 2 is 2.23 bits per heavy atom. The maximum atomic E-state index is 10.8. The zero-order chi connectivity index (χ0) is 10.0. The standard InChI is InChI=1S/C9H10BrNO2/c1-5(11)8-6(9(12)13)3-2-4-7(8)10/h2-5H,11H2,1H3,(H,12,13)/t5-/m0/s1. The average Bonchev–Trinajstić information content (AvgIpc) is 2.02. The molecule has 0 heterocycles. The molecule has 0 spiro atoms. The minimum atomic E-state index is -0.950. The van der Waals surface area contributed by atoms with E-state index in [0.717, 1.165) is 4.47 Å². The van der Waals surface area contributed by atoms with Gasteiger partial charge in [-0.25, -0.2) is 4.79 Å². The van der Waals surface area contributed by atoms with Gasteiger partial charge in [0.1, 0.15) is 0 Å². The molecule has 4 heteroatoms. The van der Waals surface area contributed by atoms with Crippen molar-refractivity contribution in [3.63, 3.8) is 0 Å². The highest BCUT2D eigenvalue weighted by Crippen LogP contribution is 2.25. The zero-order valence-corrected chi connectivity index (χ0v) is 8.71. The molecule has 0 aliphatic rings. The van der Waals surface area contributed by atoms with Crippen molar-refractivity contribution in [1.82, 2.24) is 0 Å². The highest BCUT2D eigenvalue weighted by atomic mass is 79.9. The van der Waals surface area contributed by atoms with Gasteiger partial charge in [-0.05, 0) is 24.6 Å². The van der Waals surface area contributed by atoms with Crippen LogP contribution >= 0.6 is 15.9 Å². The van der Waals surface area contributed by atoms with Crippen molar-refractivity contribution in [2.24, 2.45) is 5.73 Å². The van der Waals surface area contributed by atoms with Crippen molar-refractivity contribution < 1.29 is 9.90 Å². The monoisotopic (exact) mass is 243 g/mol. The van der Waals surface area contributed by atoms with E-state index in [1.807, 2.05) is 0 Å². The van der Waals surface area contributed by atoms with E-state index in [4.69, 9.17) is 10.8 Å². The van der Waals surface area contributed by atoms with Gasteiger partial charge in [-0.2, -0.15) is 0 Å². The van der Waals surface area contributed by atoms with E-state index >= 15 is 0 Å². The average molecular weight is 244 g/mol. The fourth-order valence-electron chi connectivity index (χ4n) is 1.19. The van der Waals surface area contributed by atoms with Gasteiger partial charge in [-0.15, -0.1) is 0 Å². The molecule has 1 atom stereocenters. The van der Waals surface area contributed by atoms with E-state index in [-0.39, 0.29) is 11.6 Å². The number of carboxylic acids is 1. The first kappa shape index (κ1) is 10.2. The normalized spacial score (nSPS) is 12.5. The number of aromatic carboxylic acids is 1. The number of halogens is 1. The molecule has 70 valence electrons. The number of rotatable bonds is 2. The van der Waals surface area contributed by atoms with Crippen LogP contribution < -0.4 is 5.73 Å². The Morgan fingerprint density at radius 1 is 1.62 bits per heavy atom. The van der Waals surface area contributed by atoms with Crippen LogP contribution in [0.25, 0.3) is 0 Å². The summed E-state index contributed by atoms with van der Waals surface area (Å²) in [7, 11) is 0. The minimum absolute atomic E-state index is 0.254. The van der Waals surface area contributed by atoms with Crippen LogP contribution in [0.5, 0.6) is 0 Å². The van der Waals surface area contributed by atoms with Crippen molar-refractivity contribution in [3.8, 4) is 0 Å². The van der Waals surface area contributed by atoms with Gasteiger partial charge >= 0.3 is 5.97 Å². The van der Waals surface area contributed by atoms with Crippen LogP contribution in [0.15, 0.2) is 22.7 Å². The molecule has 3 nitrogen and oxygen atoms in total. The Bertz CT molecular complexity index is 336. The summed E-state index contributed by atoms with van der Waals surface area (Å²) in [6, 6.07) is 4.72. The number of carbonyl (C=O) groups is 1. The zero-order valence-electron chi connectivity index (χ0n) is 7.12. The molecule has 0 saturated heterocycles. The van der Waals surface area contributed by atoms with Gasteiger partial charge in [0.2, 0.25) is 0 Å². The van der Waals surface area contributed by atoms with Crippen molar-refractivity contribution in [1.29, 1.82) is 0 Å². The molecule has 0 unspecified atom stereocenters. The fourth-order valence-corrected chi connectivity index (χ4v) is 1.91. The maximum Gasteiger partial charge on any atom is 0.336 e. The van der Waals surface area contributed by atoms with Gasteiger partial charge in [0.15, 0.2) is 0 Å². The third-order valence-corrected chi connectivity index (χ3v) is 2.43. The van der Waals surface area contributed by atoms with Crippen LogP contribution in [0.3, 0.4) is 0 Å². The van der Waals surface area contributed by atoms with E-state index in [9.17, 15) is 4.79 Å². The van der Waals surface area contributed by atoms with E-state index in [1.165, 1.54) is 0 Å². The van der Waals surface area contributed by atoms with E-state index in [0.29, 0.717) is 5.56 Å². The summed E-state index contributed by atoms with van der Waals surface area (Å²) in [5.74, 6) is -0.950. The molecule has 0 aliphatic heterocycles. The van der Waals surface area contributed by atoms with E-state index < -0.39 is 5.97 Å². The molecule has 0 aromatic heterocycles. The number of carboxylic acid groups (broad SMARTS) is 1. The lowest BCUT2D eigenvalue weighted by Crippen LogP contribution is -2.12. The molecule has 0 fully saturated rings. The van der Waals surface area contributed by atoms with Gasteiger partial charge in [-0.3, -0.25) is 0 Å². The molecule has 13 heavy (non-hydrogen) atoms. The molecule has 1 rings (SSSR count). The van der Waals surface area contributed by atoms with Gasteiger partial charge in [0, 0.05) is 10.5 Å². The summed E-state index contributed by atoms with van der Waals surface area (Å²) in [5.41, 5.74) is 6.55. The predicted molar refractivity (Wildman–Crippen MR) is 53.7 cm³/mol. The predicted octanol–water partition coefficient (Wildman–Crippen LogP) is 2.17. The van der Waals surface area contributed by atoms with Gasteiger partial charge in [-0.1, -0.05) is 22.0 Å². The SMILES string of the molecule is C[C@H](N)c1c(Br)cccc1C(=O)O. The summed E-state index contributed by atoms with van der Waals surface area (Å²) in [5, 5.41) is 8.86. The van der Waals surface area contributed by atoms with Crippen LogP contribution in [0.2, 0.25) is 0 Å². The quantitative estimate of drug-likeness (QED) is 0.837. The molecule has 0 aliphatic carbocycles. The summed E-state index contributed by atoms with van der Waals surface area (Å²) >= 11 is 3.27. The number of hydrogen-bond acceptors (Lipinski definition) is 2. The van der Waals surface area contributed by atoms with Crippen molar-refractivity contribution >= 4 is 21.9 Å². The van der Waals surface area contributed by atoms with Crippen molar-refractivity contribution in [2.45, 2.75) is 13.0 Å². The van der Waals surface area contributed by atoms with Crippen LogP contribution in [-0.2, 0) is 0 Å². The summed E-state index contributed by atoms with van der Waals surface area (Å²) in [6.45, 7) is 1.76. The van der Waals surface area contributed by atoms with Crippen LogP contribution in [0.4, 0.5) is 0 Å². The Labute approximate surface area is 84.7 Å². The second-order valence-corrected chi connectivity index (χ2v) is 3.65. The molecule has 1 aromatic rings. The number of hydrogen-bond donors (Lipinski definition) is 2. The fraction of sp³-hybridized carbons (Fsp3) is 0.222. The Morgan fingerprint density at radius 3 is 2.62 bits per heavy atom. The summed E-state index contributed by atoms with van der Waals surface area (Å²) in [4.78, 5) is 10.8. The molecular formula is C9H10BrNO2. The first-order valence-corrected chi connectivity index (χ1v) is 4.60. The van der Waals surface area contributed by atoms with Crippen LogP contribution in [-0.4, -0.2) is 11.1 Å². The highest BCUT2D eigenvalue weighted by Gasteiger charge is 2.15. The molecular weight excluding hydrogens is 234 g/mol. The Hall–Kier alpha value is -0.870. The van der Waals surface area contributed by atoms with Crippen molar-refractivity contribution in [3.05, 3.63) is 33.8 Å². The topological polar surface area (TPSA) is 63.3 Å². The van der Waals surface area contributed by atoms with Crippen molar-refractivity contribution in [2.75, 3.05) is 0 Å².